The lowest BCUT2D eigenvalue weighted by Gasteiger charge is -2.34. The van der Waals surface area contributed by atoms with Gasteiger partial charge in [-0.05, 0) is 25.0 Å². The van der Waals surface area contributed by atoms with Gasteiger partial charge in [-0.25, -0.2) is 8.78 Å². The van der Waals surface area contributed by atoms with E-state index in [9.17, 15) is 13.6 Å². The summed E-state index contributed by atoms with van der Waals surface area (Å²) in [7, 11) is 0. The third-order valence-corrected chi connectivity index (χ3v) is 3.52. The number of para-hydroxylation sites is 1. The number of nitrogens with two attached hydrogens (primary N) is 1. The monoisotopic (exact) mass is 270 g/mol. The van der Waals surface area contributed by atoms with Crippen LogP contribution in [-0.2, 0) is 9.53 Å². The number of nitrogens with one attached hydrogen (secondary N) is 1. The summed E-state index contributed by atoms with van der Waals surface area (Å²) >= 11 is 0. The Morgan fingerprint density at radius 1 is 1.32 bits per heavy atom. The Labute approximate surface area is 109 Å². The number of hydrogen-bond donors (Lipinski definition) is 2. The Bertz CT molecular complexity index is 453. The Morgan fingerprint density at radius 3 is 2.42 bits per heavy atom. The molecule has 1 aliphatic heterocycles. The second-order valence-electron chi connectivity index (χ2n) is 4.65. The standard InChI is InChI=1S/C13H16F2N2O2/c14-9-2-1-3-10(15)11(9)17-12(18)13(8-16)4-6-19-7-5-13/h1-3H,4-8,16H2,(H,17,18). The van der Waals surface area contributed by atoms with Crippen LogP contribution in [0.2, 0.25) is 0 Å². The van der Waals surface area contributed by atoms with Crippen molar-refractivity contribution in [1.82, 2.24) is 0 Å². The van der Waals surface area contributed by atoms with Crippen LogP contribution in [0.15, 0.2) is 18.2 Å². The summed E-state index contributed by atoms with van der Waals surface area (Å²) in [5.41, 5.74) is 4.43. The van der Waals surface area contributed by atoms with E-state index in [4.69, 9.17) is 10.5 Å². The number of carbonyl (C=O) groups is 1. The summed E-state index contributed by atoms with van der Waals surface area (Å²) in [6, 6.07) is 3.43. The molecule has 1 amide bonds. The number of ether oxygens (including phenoxy) is 1. The smallest absolute Gasteiger partial charge is 0.232 e. The molecule has 0 bridgehead atoms. The van der Waals surface area contributed by atoms with Crippen molar-refractivity contribution < 1.29 is 18.3 Å². The minimum Gasteiger partial charge on any atom is -0.381 e. The fraction of sp³-hybridized carbons (Fsp3) is 0.462. The van der Waals surface area contributed by atoms with Crippen molar-refractivity contribution in [3.63, 3.8) is 0 Å². The molecule has 6 heteroatoms. The molecule has 2 rings (SSSR count). The molecule has 0 aliphatic carbocycles. The fourth-order valence-electron chi connectivity index (χ4n) is 2.15. The van der Waals surface area contributed by atoms with Gasteiger partial charge in [0, 0.05) is 19.8 Å². The van der Waals surface area contributed by atoms with Gasteiger partial charge in [-0.1, -0.05) is 6.07 Å². The van der Waals surface area contributed by atoms with Gasteiger partial charge < -0.3 is 15.8 Å². The molecule has 1 aromatic rings. The summed E-state index contributed by atoms with van der Waals surface area (Å²) in [6.45, 7) is 0.965. The Balaban J connectivity index is 2.20. The van der Waals surface area contributed by atoms with Crippen LogP contribution < -0.4 is 11.1 Å². The summed E-state index contributed by atoms with van der Waals surface area (Å²) in [4.78, 5) is 12.2. The minimum atomic E-state index is -0.813. The summed E-state index contributed by atoms with van der Waals surface area (Å²) < 4.78 is 32.2. The molecule has 0 spiro atoms. The molecule has 0 saturated carbocycles. The number of anilines is 1. The predicted octanol–water partition coefficient (Wildman–Crippen LogP) is 1.66. The molecule has 0 radical (unpaired) electrons. The van der Waals surface area contributed by atoms with E-state index in [2.05, 4.69) is 5.32 Å². The van der Waals surface area contributed by atoms with Gasteiger partial charge in [0.05, 0.1) is 5.41 Å². The van der Waals surface area contributed by atoms with Gasteiger partial charge in [0.25, 0.3) is 0 Å². The first-order chi connectivity index (χ1) is 9.09. The molecule has 4 nitrogen and oxygen atoms in total. The van der Waals surface area contributed by atoms with E-state index in [1.165, 1.54) is 6.07 Å². The highest BCUT2D eigenvalue weighted by atomic mass is 19.1. The molecule has 1 saturated heterocycles. The number of halogens is 2. The first-order valence-corrected chi connectivity index (χ1v) is 6.12. The largest absolute Gasteiger partial charge is 0.381 e. The lowest BCUT2D eigenvalue weighted by molar-refractivity contribution is -0.130. The van der Waals surface area contributed by atoms with E-state index in [0.29, 0.717) is 26.1 Å². The molecule has 0 aromatic heterocycles. The predicted molar refractivity (Wildman–Crippen MR) is 66.5 cm³/mol. The van der Waals surface area contributed by atoms with E-state index in [1.54, 1.807) is 0 Å². The maximum atomic E-state index is 13.5. The molecule has 3 N–H and O–H groups in total. The molecule has 1 aliphatic rings. The van der Waals surface area contributed by atoms with Gasteiger partial charge in [-0.3, -0.25) is 4.79 Å². The number of rotatable bonds is 3. The third kappa shape index (κ3) is 2.74. The van der Waals surface area contributed by atoms with Crippen LogP contribution in [0.3, 0.4) is 0 Å². The van der Waals surface area contributed by atoms with E-state index in [0.717, 1.165) is 12.1 Å². The van der Waals surface area contributed by atoms with Crippen LogP contribution in [-0.4, -0.2) is 25.7 Å². The lowest BCUT2D eigenvalue weighted by Crippen LogP contribution is -2.46. The second-order valence-corrected chi connectivity index (χ2v) is 4.65. The van der Waals surface area contributed by atoms with Crippen LogP contribution in [0, 0.1) is 17.0 Å². The van der Waals surface area contributed by atoms with E-state index in [1.807, 2.05) is 0 Å². The minimum absolute atomic E-state index is 0.123. The Morgan fingerprint density at radius 2 is 1.89 bits per heavy atom. The van der Waals surface area contributed by atoms with Crippen molar-refractivity contribution >= 4 is 11.6 Å². The highest BCUT2D eigenvalue weighted by molar-refractivity contribution is 5.95. The van der Waals surface area contributed by atoms with Gasteiger partial charge in [-0.2, -0.15) is 0 Å². The number of carbonyl (C=O) groups excluding carboxylic acids is 1. The number of amides is 1. The Hall–Kier alpha value is -1.53. The second kappa shape index (κ2) is 5.63. The van der Waals surface area contributed by atoms with Gasteiger partial charge in [0.15, 0.2) is 0 Å². The van der Waals surface area contributed by atoms with E-state index >= 15 is 0 Å². The topological polar surface area (TPSA) is 64.4 Å². The van der Waals surface area contributed by atoms with Gasteiger partial charge in [0.1, 0.15) is 17.3 Å². The van der Waals surface area contributed by atoms with Crippen LogP contribution >= 0.6 is 0 Å². The molecule has 1 fully saturated rings. The SMILES string of the molecule is NCC1(C(=O)Nc2c(F)cccc2F)CCOCC1. The fourth-order valence-corrected chi connectivity index (χ4v) is 2.15. The first kappa shape index (κ1) is 13.9. The number of hydrogen-bond acceptors (Lipinski definition) is 3. The zero-order chi connectivity index (χ0) is 13.9. The number of benzene rings is 1. The zero-order valence-electron chi connectivity index (χ0n) is 10.4. The van der Waals surface area contributed by atoms with Crippen LogP contribution in [0.4, 0.5) is 14.5 Å². The van der Waals surface area contributed by atoms with Crippen LogP contribution in [0.25, 0.3) is 0 Å². The lowest BCUT2D eigenvalue weighted by atomic mass is 9.79. The molecule has 0 atom stereocenters. The van der Waals surface area contributed by atoms with Crippen molar-refractivity contribution in [2.75, 3.05) is 25.1 Å². The molecule has 104 valence electrons. The normalized spacial score (nSPS) is 18.1. The average Bonchev–Trinajstić information content (AvgIpc) is 2.43. The average molecular weight is 270 g/mol. The molecular formula is C13H16F2N2O2. The highest BCUT2D eigenvalue weighted by Crippen LogP contribution is 2.31. The van der Waals surface area contributed by atoms with E-state index in [-0.39, 0.29) is 6.54 Å². The summed E-state index contributed by atoms with van der Waals surface area (Å²) in [5.74, 6) is -2.05. The zero-order valence-corrected chi connectivity index (χ0v) is 10.4. The summed E-state index contributed by atoms with van der Waals surface area (Å²) in [5, 5.41) is 2.32. The van der Waals surface area contributed by atoms with Crippen LogP contribution in [0.5, 0.6) is 0 Å². The Kier molecular flexibility index (Phi) is 4.11. The molecule has 19 heavy (non-hydrogen) atoms. The highest BCUT2D eigenvalue weighted by Gasteiger charge is 2.39. The van der Waals surface area contributed by atoms with Crippen molar-refractivity contribution in [3.05, 3.63) is 29.8 Å². The summed E-state index contributed by atoms with van der Waals surface area (Å²) in [6.07, 6.45) is 0.900. The van der Waals surface area contributed by atoms with Gasteiger partial charge >= 0.3 is 0 Å². The van der Waals surface area contributed by atoms with Gasteiger partial charge in [-0.15, -0.1) is 0 Å². The third-order valence-electron chi connectivity index (χ3n) is 3.52. The van der Waals surface area contributed by atoms with Gasteiger partial charge in [0.2, 0.25) is 5.91 Å². The maximum Gasteiger partial charge on any atom is 0.232 e. The van der Waals surface area contributed by atoms with Crippen molar-refractivity contribution in [2.45, 2.75) is 12.8 Å². The van der Waals surface area contributed by atoms with Crippen LogP contribution in [0.1, 0.15) is 12.8 Å². The molecule has 1 heterocycles. The molecule has 1 aromatic carbocycles. The van der Waals surface area contributed by atoms with E-state index < -0.39 is 28.6 Å². The maximum absolute atomic E-state index is 13.5. The molecular weight excluding hydrogens is 254 g/mol. The van der Waals surface area contributed by atoms with Crippen molar-refractivity contribution in [2.24, 2.45) is 11.1 Å². The first-order valence-electron chi connectivity index (χ1n) is 6.12. The van der Waals surface area contributed by atoms with Crippen molar-refractivity contribution in [3.8, 4) is 0 Å². The molecule has 0 unspecified atom stereocenters. The van der Waals surface area contributed by atoms with Crippen molar-refractivity contribution in [1.29, 1.82) is 0 Å². The quantitative estimate of drug-likeness (QED) is 0.878.